The highest BCUT2D eigenvalue weighted by Gasteiger charge is 2.32. The lowest BCUT2D eigenvalue weighted by molar-refractivity contribution is -0.147. The summed E-state index contributed by atoms with van der Waals surface area (Å²) in [5.41, 5.74) is 0.686. The number of urea groups is 1. The molecule has 170 valence electrons. The van der Waals surface area contributed by atoms with E-state index < -0.39 is 12.1 Å². The summed E-state index contributed by atoms with van der Waals surface area (Å²) < 4.78 is 5.77. The summed E-state index contributed by atoms with van der Waals surface area (Å²) in [5.74, 6) is -0.318. The Morgan fingerprint density at radius 3 is 2.26 bits per heavy atom. The minimum absolute atomic E-state index is 0.0698. The van der Waals surface area contributed by atoms with Gasteiger partial charge in [0.05, 0.1) is 0 Å². The Labute approximate surface area is 183 Å². The highest BCUT2D eigenvalue weighted by Crippen LogP contribution is 2.30. The molecule has 8 nitrogen and oxygen atoms in total. The standard InChI is InChI=1S/C23H34N4O4/c28-22(29)21(17-3-1-2-4-17)31-20-7-5-18(6-8-20)25-23(30)27-15-13-26(14-16-27)19-9-11-24-12-10-19/h5-8,17,19,21,24H,1-4,9-16H2,(H,25,30)(H,28,29). The molecule has 1 aromatic carbocycles. The molecule has 2 aliphatic heterocycles. The Balaban J connectivity index is 1.26. The van der Waals surface area contributed by atoms with Gasteiger partial charge in [-0.25, -0.2) is 9.59 Å². The van der Waals surface area contributed by atoms with Crippen molar-refractivity contribution >= 4 is 17.7 Å². The molecule has 1 unspecified atom stereocenters. The van der Waals surface area contributed by atoms with Crippen LogP contribution in [0.1, 0.15) is 38.5 Å². The number of rotatable bonds is 6. The number of carbonyl (C=O) groups is 2. The average molecular weight is 431 g/mol. The Morgan fingerprint density at radius 1 is 1.00 bits per heavy atom. The van der Waals surface area contributed by atoms with Crippen LogP contribution in [0, 0.1) is 5.92 Å². The minimum Gasteiger partial charge on any atom is -0.478 e. The second kappa shape index (κ2) is 10.3. The van der Waals surface area contributed by atoms with Gasteiger partial charge in [-0.1, -0.05) is 12.8 Å². The maximum absolute atomic E-state index is 12.7. The molecule has 4 rings (SSSR count). The van der Waals surface area contributed by atoms with E-state index in [1.807, 2.05) is 4.90 Å². The summed E-state index contributed by atoms with van der Waals surface area (Å²) in [6.45, 7) is 5.47. The first-order valence-electron chi connectivity index (χ1n) is 11.6. The number of hydrogen-bond acceptors (Lipinski definition) is 5. The molecule has 2 saturated heterocycles. The van der Waals surface area contributed by atoms with E-state index in [1.165, 1.54) is 12.8 Å². The Hall–Kier alpha value is -2.32. The van der Waals surface area contributed by atoms with Gasteiger partial charge in [-0.05, 0) is 63.0 Å². The van der Waals surface area contributed by atoms with E-state index in [4.69, 9.17) is 4.74 Å². The number of nitrogens with one attached hydrogen (secondary N) is 2. The fourth-order valence-corrected chi connectivity index (χ4v) is 5.04. The van der Waals surface area contributed by atoms with Crippen LogP contribution in [0.25, 0.3) is 0 Å². The first-order valence-corrected chi connectivity index (χ1v) is 11.6. The summed E-state index contributed by atoms with van der Waals surface area (Å²) in [7, 11) is 0. The van der Waals surface area contributed by atoms with Crippen molar-refractivity contribution in [3.8, 4) is 5.75 Å². The molecule has 0 radical (unpaired) electrons. The van der Waals surface area contributed by atoms with Crippen LogP contribution >= 0.6 is 0 Å². The van der Waals surface area contributed by atoms with Crippen molar-refractivity contribution in [1.82, 2.24) is 15.1 Å². The van der Waals surface area contributed by atoms with E-state index >= 15 is 0 Å². The summed E-state index contributed by atoms with van der Waals surface area (Å²) in [6.07, 6.45) is 5.49. The molecule has 2 amide bonds. The van der Waals surface area contributed by atoms with Crippen LogP contribution in [0.5, 0.6) is 5.75 Å². The highest BCUT2D eigenvalue weighted by atomic mass is 16.5. The van der Waals surface area contributed by atoms with Crippen LogP contribution < -0.4 is 15.4 Å². The SMILES string of the molecule is O=C(O)C(Oc1ccc(NC(=O)N2CCN(C3CCNCC3)CC2)cc1)C1CCCC1. The first-order chi connectivity index (χ1) is 15.1. The molecule has 0 aromatic heterocycles. The van der Waals surface area contributed by atoms with Gasteiger partial charge in [-0.2, -0.15) is 0 Å². The van der Waals surface area contributed by atoms with E-state index in [9.17, 15) is 14.7 Å². The van der Waals surface area contributed by atoms with E-state index in [2.05, 4.69) is 15.5 Å². The van der Waals surface area contributed by atoms with Crippen LogP contribution in [-0.2, 0) is 4.79 Å². The number of nitrogens with zero attached hydrogens (tertiary/aromatic N) is 2. The summed E-state index contributed by atoms with van der Waals surface area (Å²) in [4.78, 5) is 28.6. The average Bonchev–Trinajstić information content (AvgIpc) is 3.33. The second-order valence-corrected chi connectivity index (χ2v) is 8.88. The third-order valence-electron chi connectivity index (χ3n) is 6.87. The molecule has 2 heterocycles. The normalized spacial score (nSPS) is 22.3. The van der Waals surface area contributed by atoms with Gasteiger partial charge in [0.25, 0.3) is 0 Å². The van der Waals surface area contributed by atoms with Gasteiger partial charge >= 0.3 is 12.0 Å². The minimum atomic E-state index is -0.909. The maximum atomic E-state index is 12.7. The van der Waals surface area contributed by atoms with Crippen molar-refractivity contribution in [2.24, 2.45) is 5.92 Å². The molecule has 3 aliphatic rings. The van der Waals surface area contributed by atoms with Crippen LogP contribution in [0.15, 0.2) is 24.3 Å². The molecule has 31 heavy (non-hydrogen) atoms. The number of benzene rings is 1. The predicted octanol–water partition coefficient (Wildman–Crippen LogP) is 2.61. The molecular formula is C23H34N4O4. The molecule has 1 aliphatic carbocycles. The highest BCUT2D eigenvalue weighted by molar-refractivity contribution is 5.89. The van der Waals surface area contributed by atoms with Crippen molar-refractivity contribution in [2.45, 2.75) is 50.7 Å². The van der Waals surface area contributed by atoms with Crippen molar-refractivity contribution in [2.75, 3.05) is 44.6 Å². The van der Waals surface area contributed by atoms with Crippen LogP contribution in [0.4, 0.5) is 10.5 Å². The number of piperidine rings is 1. The number of amides is 2. The van der Waals surface area contributed by atoms with Crippen molar-refractivity contribution in [3.63, 3.8) is 0 Å². The van der Waals surface area contributed by atoms with Crippen molar-refractivity contribution < 1.29 is 19.4 Å². The fraction of sp³-hybridized carbons (Fsp3) is 0.652. The lowest BCUT2D eigenvalue weighted by Gasteiger charge is -2.40. The van der Waals surface area contributed by atoms with E-state index in [0.29, 0.717) is 17.5 Å². The monoisotopic (exact) mass is 430 g/mol. The largest absolute Gasteiger partial charge is 0.478 e. The quantitative estimate of drug-likeness (QED) is 0.642. The van der Waals surface area contributed by atoms with E-state index in [1.54, 1.807) is 24.3 Å². The first kappa shape index (κ1) is 21.9. The maximum Gasteiger partial charge on any atom is 0.345 e. The van der Waals surface area contributed by atoms with Gasteiger partial charge in [0.2, 0.25) is 0 Å². The zero-order valence-electron chi connectivity index (χ0n) is 18.1. The number of ether oxygens (including phenoxy) is 1. The third-order valence-corrected chi connectivity index (χ3v) is 6.87. The number of carbonyl (C=O) groups excluding carboxylic acids is 1. The number of piperazine rings is 1. The molecule has 0 spiro atoms. The number of carboxylic acids is 1. The fourth-order valence-electron chi connectivity index (χ4n) is 5.04. The third kappa shape index (κ3) is 5.68. The van der Waals surface area contributed by atoms with E-state index in [0.717, 1.165) is 65.0 Å². The molecule has 8 heteroatoms. The Kier molecular flexibility index (Phi) is 7.29. The molecule has 1 atom stereocenters. The summed E-state index contributed by atoms with van der Waals surface area (Å²) >= 11 is 0. The molecule has 3 fully saturated rings. The lowest BCUT2D eigenvalue weighted by Crippen LogP contribution is -2.54. The Bertz CT molecular complexity index is 736. The van der Waals surface area contributed by atoms with Gasteiger partial charge in [0.15, 0.2) is 6.10 Å². The van der Waals surface area contributed by atoms with Crippen LogP contribution in [-0.4, -0.2) is 78.3 Å². The topological polar surface area (TPSA) is 94.1 Å². The van der Waals surface area contributed by atoms with Gasteiger partial charge in [-0.15, -0.1) is 0 Å². The Morgan fingerprint density at radius 2 is 1.65 bits per heavy atom. The predicted molar refractivity (Wildman–Crippen MR) is 119 cm³/mol. The zero-order chi connectivity index (χ0) is 21.6. The molecule has 0 bridgehead atoms. The second-order valence-electron chi connectivity index (χ2n) is 8.88. The van der Waals surface area contributed by atoms with Gasteiger partial charge in [-0.3, -0.25) is 4.90 Å². The van der Waals surface area contributed by atoms with Gasteiger partial charge < -0.3 is 25.4 Å². The number of aliphatic carboxylic acids is 1. The van der Waals surface area contributed by atoms with Crippen LogP contribution in [0.3, 0.4) is 0 Å². The lowest BCUT2D eigenvalue weighted by atomic mass is 10.0. The smallest absolute Gasteiger partial charge is 0.345 e. The van der Waals surface area contributed by atoms with Crippen molar-refractivity contribution in [1.29, 1.82) is 0 Å². The summed E-state index contributed by atoms with van der Waals surface area (Å²) in [5, 5.41) is 15.9. The number of anilines is 1. The van der Waals surface area contributed by atoms with Gasteiger partial charge in [0.1, 0.15) is 5.75 Å². The molecular weight excluding hydrogens is 396 g/mol. The molecule has 3 N–H and O–H groups in total. The van der Waals surface area contributed by atoms with E-state index in [-0.39, 0.29) is 11.9 Å². The van der Waals surface area contributed by atoms with Gasteiger partial charge in [0, 0.05) is 43.8 Å². The molecule has 1 aromatic rings. The van der Waals surface area contributed by atoms with Crippen LogP contribution in [0.2, 0.25) is 0 Å². The molecule has 1 saturated carbocycles. The van der Waals surface area contributed by atoms with Crippen molar-refractivity contribution in [3.05, 3.63) is 24.3 Å². The number of carboxylic acid groups (broad SMARTS) is 1. The zero-order valence-corrected chi connectivity index (χ0v) is 18.1. The number of hydrogen-bond donors (Lipinski definition) is 3. The summed E-state index contributed by atoms with van der Waals surface area (Å²) in [6, 6.07) is 7.55.